The van der Waals surface area contributed by atoms with E-state index in [9.17, 15) is 13.6 Å². The van der Waals surface area contributed by atoms with Crippen molar-refractivity contribution >= 4 is 11.7 Å². The zero-order chi connectivity index (χ0) is 14.0. The Bertz CT molecular complexity index is 471. The maximum absolute atomic E-state index is 12.7. The standard InChI is InChI=1S/C13H16F2N2O2/c1-17(12-10(19-2)4-3-5-16-12)11(18)6-9-7-13(14,15)8-9/h3-5,9H,6-8H2,1-2H3. The monoisotopic (exact) mass is 270 g/mol. The van der Waals surface area contributed by atoms with Crippen LogP contribution in [-0.4, -0.2) is 31.0 Å². The van der Waals surface area contributed by atoms with Crippen LogP contribution in [0, 0.1) is 5.92 Å². The first-order valence-electron chi connectivity index (χ1n) is 6.06. The van der Waals surface area contributed by atoms with Gasteiger partial charge < -0.3 is 4.74 Å². The lowest BCUT2D eigenvalue weighted by molar-refractivity contribution is -0.131. The number of hydrogen-bond acceptors (Lipinski definition) is 3. The predicted molar refractivity (Wildman–Crippen MR) is 66.5 cm³/mol. The number of pyridine rings is 1. The third-order valence-electron chi connectivity index (χ3n) is 3.30. The molecule has 1 amide bonds. The van der Waals surface area contributed by atoms with Crippen molar-refractivity contribution in [1.82, 2.24) is 4.98 Å². The van der Waals surface area contributed by atoms with E-state index < -0.39 is 5.92 Å². The number of nitrogens with zero attached hydrogens (tertiary/aromatic N) is 2. The molecular weight excluding hydrogens is 254 g/mol. The van der Waals surface area contributed by atoms with Gasteiger partial charge in [0.25, 0.3) is 0 Å². The number of carbonyl (C=O) groups is 1. The van der Waals surface area contributed by atoms with Crippen molar-refractivity contribution in [2.75, 3.05) is 19.1 Å². The number of carbonyl (C=O) groups excluding carboxylic acids is 1. The smallest absolute Gasteiger partial charge is 0.248 e. The molecule has 19 heavy (non-hydrogen) atoms. The lowest BCUT2D eigenvalue weighted by Gasteiger charge is -2.35. The first kappa shape index (κ1) is 13.7. The van der Waals surface area contributed by atoms with Crippen molar-refractivity contribution in [3.8, 4) is 5.75 Å². The number of methoxy groups -OCH3 is 1. The van der Waals surface area contributed by atoms with Gasteiger partial charge in [0, 0.05) is 32.5 Å². The van der Waals surface area contributed by atoms with Gasteiger partial charge in [-0.3, -0.25) is 9.69 Å². The van der Waals surface area contributed by atoms with Gasteiger partial charge in [0.1, 0.15) is 0 Å². The Labute approximate surface area is 110 Å². The van der Waals surface area contributed by atoms with Crippen molar-refractivity contribution in [2.24, 2.45) is 5.92 Å². The fraction of sp³-hybridized carbons (Fsp3) is 0.538. The fourth-order valence-corrected chi connectivity index (χ4v) is 2.22. The molecular formula is C13H16F2N2O2. The second-order valence-corrected chi connectivity index (χ2v) is 4.82. The normalized spacial score (nSPS) is 17.7. The summed E-state index contributed by atoms with van der Waals surface area (Å²) in [5.41, 5.74) is 0. The SMILES string of the molecule is COc1cccnc1N(C)C(=O)CC1CC(F)(F)C1. The molecule has 104 valence electrons. The quantitative estimate of drug-likeness (QED) is 0.844. The minimum absolute atomic E-state index is 0.117. The first-order valence-corrected chi connectivity index (χ1v) is 6.06. The van der Waals surface area contributed by atoms with E-state index >= 15 is 0 Å². The highest BCUT2D eigenvalue weighted by Gasteiger charge is 2.46. The Morgan fingerprint density at radius 2 is 2.26 bits per heavy atom. The molecule has 4 nitrogen and oxygen atoms in total. The lowest BCUT2D eigenvalue weighted by Crippen LogP contribution is -2.39. The highest BCUT2D eigenvalue weighted by Crippen LogP contribution is 2.44. The van der Waals surface area contributed by atoms with Crippen molar-refractivity contribution in [3.05, 3.63) is 18.3 Å². The Morgan fingerprint density at radius 3 is 2.84 bits per heavy atom. The van der Waals surface area contributed by atoms with Crippen LogP contribution in [0.2, 0.25) is 0 Å². The topological polar surface area (TPSA) is 42.4 Å². The second kappa shape index (κ2) is 5.11. The van der Waals surface area contributed by atoms with Gasteiger partial charge in [0.05, 0.1) is 7.11 Å². The Balaban J connectivity index is 1.99. The molecule has 0 unspecified atom stereocenters. The van der Waals surface area contributed by atoms with Gasteiger partial charge in [-0.05, 0) is 18.1 Å². The zero-order valence-corrected chi connectivity index (χ0v) is 10.9. The summed E-state index contributed by atoms with van der Waals surface area (Å²) in [4.78, 5) is 17.4. The number of halogens is 2. The average Bonchev–Trinajstić information content (AvgIpc) is 2.35. The van der Waals surface area contributed by atoms with Crippen LogP contribution in [0.1, 0.15) is 19.3 Å². The molecule has 1 aliphatic rings. The fourth-order valence-electron chi connectivity index (χ4n) is 2.22. The minimum atomic E-state index is -2.59. The molecule has 0 saturated heterocycles. The molecule has 0 spiro atoms. The molecule has 0 N–H and O–H groups in total. The number of aromatic nitrogens is 1. The van der Waals surface area contributed by atoms with Crippen molar-refractivity contribution in [2.45, 2.75) is 25.2 Å². The molecule has 1 aromatic rings. The molecule has 1 saturated carbocycles. The van der Waals surface area contributed by atoms with Crippen LogP contribution in [0.5, 0.6) is 5.75 Å². The van der Waals surface area contributed by atoms with Crippen LogP contribution >= 0.6 is 0 Å². The summed E-state index contributed by atoms with van der Waals surface area (Å²) in [6.07, 6.45) is 1.27. The van der Waals surface area contributed by atoms with E-state index in [-0.39, 0.29) is 31.1 Å². The van der Waals surface area contributed by atoms with Gasteiger partial charge in [0.2, 0.25) is 11.8 Å². The predicted octanol–water partition coefficient (Wildman–Crippen LogP) is 2.49. The van der Waals surface area contributed by atoms with Gasteiger partial charge in [-0.25, -0.2) is 13.8 Å². The molecule has 1 aliphatic carbocycles. The van der Waals surface area contributed by atoms with Crippen molar-refractivity contribution < 1.29 is 18.3 Å². The summed E-state index contributed by atoms with van der Waals surface area (Å²) in [5.74, 6) is -2.16. The van der Waals surface area contributed by atoms with Gasteiger partial charge in [0.15, 0.2) is 11.6 Å². The van der Waals surface area contributed by atoms with E-state index in [0.29, 0.717) is 11.6 Å². The van der Waals surface area contributed by atoms with E-state index in [1.54, 1.807) is 25.4 Å². The molecule has 1 heterocycles. The largest absolute Gasteiger partial charge is 0.493 e. The summed E-state index contributed by atoms with van der Waals surface area (Å²) in [6, 6.07) is 3.40. The number of alkyl halides is 2. The Hall–Kier alpha value is -1.72. The van der Waals surface area contributed by atoms with Crippen LogP contribution in [0.3, 0.4) is 0 Å². The number of hydrogen-bond donors (Lipinski definition) is 0. The van der Waals surface area contributed by atoms with Gasteiger partial charge in [-0.1, -0.05) is 0 Å². The summed E-state index contributed by atoms with van der Waals surface area (Å²) in [7, 11) is 3.06. The molecule has 1 aromatic heterocycles. The Morgan fingerprint density at radius 1 is 1.58 bits per heavy atom. The van der Waals surface area contributed by atoms with Crippen LogP contribution in [0.4, 0.5) is 14.6 Å². The van der Waals surface area contributed by atoms with Crippen LogP contribution in [0.15, 0.2) is 18.3 Å². The average molecular weight is 270 g/mol. The first-order chi connectivity index (χ1) is 8.93. The molecule has 1 fully saturated rings. The maximum Gasteiger partial charge on any atom is 0.248 e. The maximum atomic E-state index is 12.7. The van der Waals surface area contributed by atoms with Crippen molar-refractivity contribution in [1.29, 1.82) is 0 Å². The number of ether oxygens (including phenoxy) is 1. The van der Waals surface area contributed by atoms with Crippen molar-refractivity contribution in [3.63, 3.8) is 0 Å². The third-order valence-corrected chi connectivity index (χ3v) is 3.30. The second-order valence-electron chi connectivity index (χ2n) is 4.82. The van der Waals surface area contributed by atoms with E-state index in [1.165, 1.54) is 12.0 Å². The number of amides is 1. The van der Waals surface area contributed by atoms with E-state index in [2.05, 4.69) is 4.98 Å². The summed E-state index contributed by atoms with van der Waals surface area (Å²) in [6.45, 7) is 0. The lowest BCUT2D eigenvalue weighted by atomic mass is 9.79. The van der Waals surface area contributed by atoms with Crippen LogP contribution in [0.25, 0.3) is 0 Å². The van der Waals surface area contributed by atoms with E-state index in [1.807, 2.05) is 0 Å². The number of rotatable bonds is 4. The highest BCUT2D eigenvalue weighted by atomic mass is 19.3. The zero-order valence-electron chi connectivity index (χ0n) is 10.9. The van der Waals surface area contributed by atoms with E-state index in [0.717, 1.165) is 0 Å². The molecule has 6 heteroatoms. The van der Waals surface area contributed by atoms with Crippen LogP contribution in [-0.2, 0) is 4.79 Å². The van der Waals surface area contributed by atoms with Gasteiger partial charge in [-0.15, -0.1) is 0 Å². The molecule has 0 atom stereocenters. The van der Waals surface area contributed by atoms with E-state index in [4.69, 9.17) is 4.74 Å². The van der Waals surface area contributed by atoms with Gasteiger partial charge in [-0.2, -0.15) is 0 Å². The molecule has 0 aromatic carbocycles. The molecule has 0 bridgehead atoms. The highest BCUT2D eigenvalue weighted by molar-refractivity contribution is 5.93. The summed E-state index contributed by atoms with van der Waals surface area (Å²) in [5, 5.41) is 0. The third kappa shape index (κ3) is 3.00. The van der Waals surface area contributed by atoms with Crippen LogP contribution < -0.4 is 9.64 Å². The number of anilines is 1. The summed E-state index contributed by atoms with van der Waals surface area (Å²) >= 11 is 0. The Kier molecular flexibility index (Phi) is 3.68. The molecule has 0 aliphatic heterocycles. The van der Waals surface area contributed by atoms with Gasteiger partial charge >= 0.3 is 0 Å². The minimum Gasteiger partial charge on any atom is -0.493 e. The summed E-state index contributed by atoms with van der Waals surface area (Å²) < 4.78 is 30.6. The molecule has 2 rings (SSSR count). The molecule has 0 radical (unpaired) electrons.